The van der Waals surface area contributed by atoms with Gasteiger partial charge in [0.05, 0.1) is 29.9 Å². The maximum absolute atomic E-state index is 13.5. The molecule has 0 aliphatic rings. The summed E-state index contributed by atoms with van der Waals surface area (Å²) in [6.45, 7) is 6.10. The van der Waals surface area contributed by atoms with Gasteiger partial charge in [0.1, 0.15) is 4.83 Å². The molecule has 2 aromatic heterocycles. The summed E-state index contributed by atoms with van der Waals surface area (Å²) < 4.78 is 7.85. The Hall–Kier alpha value is -2.77. The molecule has 0 aliphatic heterocycles. The number of rotatable bonds is 6. The number of carbonyl (C=O) groups excluding carboxylic acids is 1. The summed E-state index contributed by atoms with van der Waals surface area (Å²) in [4.78, 5) is 32.0. The van der Waals surface area contributed by atoms with Gasteiger partial charge in [0.15, 0.2) is 0 Å². The van der Waals surface area contributed by atoms with Crippen LogP contribution in [0.15, 0.2) is 64.1 Å². The fourth-order valence-corrected chi connectivity index (χ4v) is 4.94. The maximum atomic E-state index is 13.5. The van der Waals surface area contributed by atoms with E-state index in [1.54, 1.807) is 34.4 Å². The lowest BCUT2D eigenvalue weighted by molar-refractivity contribution is 0.0378. The topological polar surface area (TPSA) is 61.2 Å². The number of aromatic nitrogens is 2. The first-order valence-electron chi connectivity index (χ1n) is 10.4. The highest BCUT2D eigenvalue weighted by atomic mass is 79.9. The number of hydrogen-bond acceptors (Lipinski definition) is 5. The van der Waals surface area contributed by atoms with E-state index in [4.69, 9.17) is 4.74 Å². The number of fused-ring (bicyclic) bond motifs is 1. The van der Waals surface area contributed by atoms with Gasteiger partial charge in [-0.05, 0) is 55.7 Å². The highest BCUT2D eigenvalue weighted by Crippen LogP contribution is 2.36. The third-order valence-electron chi connectivity index (χ3n) is 5.09. The number of esters is 1. The zero-order valence-electron chi connectivity index (χ0n) is 18.1. The number of halogens is 1. The summed E-state index contributed by atoms with van der Waals surface area (Å²) in [7, 11) is 0. The van der Waals surface area contributed by atoms with E-state index in [0.29, 0.717) is 17.5 Å². The highest BCUT2D eigenvalue weighted by molar-refractivity contribution is 9.10. The first-order valence-corrected chi connectivity index (χ1v) is 12.0. The van der Waals surface area contributed by atoms with Gasteiger partial charge in [0, 0.05) is 14.9 Å². The van der Waals surface area contributed by atoms with Crippen LogP contribution in [0.3, 0.4) is 0 Å². The molecule has 0 fully saturated rings. The average molecular weight is 511 g/mol. The van der Waals surface area contributed by atoms with Crippen LogP contribution in [0.25, 0.3) is 21.3 Å². The van der Waals surface area contributed by atoms with Gasteiger partial charge in [-0.1, -0.05) is 47.1 Å². The summed E-state index contributed by atoms with van der Waals surface area (Å²) in [5.74, 6) is -0.351. The highest BCUT2D eigenvalue weighted by Gasteiger charge is 2.18. The molecule has 0 radical (unpaired) electrons. The van der Waals surface area contributed by atoms with Crippen molar-refractivity contribution >= 4 is 43.5 Å². The zero-order chi connectivity index (χ0) is 22.8. The Balaban J connectivity index is 1.71. The van der Waals surface area contributed by atoms with Crippen molar-refractivity contribution in [1.82, 2.24) is 9.55 Å². The second-order valence-corrected chi connectivity index (χ2v) is 9.77. The molecule has 0 N–H and O–H groups in total. The SMILES string of the molecule is CCc1sc2ncn(Cc3ccc(C(=O)OC(C)C)cc3)c(=O)c2c1-c1ccc(Br)cc1. The van der Waals surface area contributed by atoms with Crippen molar-refractivity contribution in [1.29, 1.82) is 0 Å². The number of thiophene rings is 1. The van der Waals surface area contributed by atoms with Crippen LogP contribution in [-0.4, -0.2) is 21.6 Å². The van der Waals surface area contributed by atoms with E-state index in [1.807, 2.05) is 50.2 Å². The van der Waals surface area contributed by atoms with E-state index in [0.717, 1.165) is 37.3 Å². The number of hydrogen-bond donors (Lipinski definition) is 0. The average Bonchev–Trinajstić information content (AvgIpc) is 3.16. The molecule has 0 amide bonds. The molecule has 164 valence electrons. The first kappa shape index (κ1) is 22.4. The molecular weight excluding hydrogens is 488 g/mol. The maximum Gasteiger partial charge on any atom is 0.338 e. The minimum absolute atomic E-state index is 0.0628. The molecule has 0 atom stereocenters. The third-order valence-corrected chi connectivity index (χ3v) is 6.86. The number of carbonyl (C=O) groups is 1. The summed E-state index contributed by atoms with van der Waals surface area (Å²) in [6.07, 6.45) is 2.27. The van der Waals surface area contributed by atoms with Crippen LogP contribution >= 0.6 is 27.3 Å². The van der Waals surface area contributed by atoms with Gasteiger partial charge in [0.2, 0.25) is 0 Å². The van der Waals surface area contributed by atoms with Crippen molar-refractivity contribution in [3.8, 4) is 11.1 Å². The van der Waals surface area contributed by atoms with Crippen LogP contribution in [-0.2, 0) is 17.7 Å². The second kappa shape index (κ2) is 9.38. The summed E-state index contributed by atoms with van der Waals surface area (Å²) in [5.41, 5.74) is 3.32. The van der Waals surface area contributed by atoms with Crippen molar-refractivity contribution in [3.05, 3.63) is 85.7 Å². The van der Waals surface area contributed by atoms with Gasteiger partial charge >= 0.3 is 5.97 Å². The minimum atomic E-state index is -0.351. The molecule has 0 spiro atoms. The Kier molecular flexibility index (Phi) is 6.58. The van der Waals surface area contributed by atoms with Gasteiger partial charge in [0.25, 0.3) is 5.56 Å². The van der Waals surface area contributed by atoms with Crippen LogP contribution in [0.1, 0.15) is 41.6 Å². The molecule has 0 bridgehead atoms. The lowest BCUT2D eigenvalue weighted by Gasteiger charge is -2.09. The Morgan fingerprint density at radius 2 is 1.81 bits per heavy atom. The number of benzene rings is 2. The summed E-state index contributed by atoms with van der Waals surface area (Å²) in [5, 5.41) is 0.661. The summed E-state index contributed by atoms with van der Waals surface area (Å²) in [6, 6.07) is 15.2. The van der Waals surface area contributed by atoms with E-state index in [9.17, 15) is 9.59 Å². The van der Waals surface area contributed by atoms with E-state index in [-0.39, 0.29) is 17.6 Å². The van der Waals surface area contributed by atoms with Crippen LogP contribution in [0.4, 0.5) is 0 Å². The Bertz CT molecular complexity index is 1320. The smallest absolute Gasteiger partial charge is 0.338 e. The Labute approximate surface area is 198 Å². The molecule has 2 heterocycles. The van der Waals surface area contributed by atoms with Gasteiger partial charge in [-0.2, -0.15) is 0 Å². The lowest BCUT2D eigenvalue weighted by Crippen LogP contribution is -2.21. The molecule has 0 unspecified atom stereocenters. The largest absolute Gasteiger partial charge is 0.459 e. The normalized spacial score (nSPS) is 11.3. The van der Waals surface area contributed by atoms with Crippen molar-refractivity contribution in [3.63, 3.8) is 0 Å². The van der Waals surface area contributed by atoms with Gasteiger partial charge in [-0.15, -0.1) is 11.3 Å². The molecule has 0 aliphatic carbocycles. The molecular formula is C25H23BrN2O3S. The van der Waals surface area contributed by atoms with Crippen molar-refractivity contribution < 1.29 is 9.53 Å². The predicted octanol–water partition coefficient (Wildman–Crippen LogP) is 6.06. The first-order chi connectivity index (χ1) is 15.4. The fraction of sp³-hybridized carbons (Fsp3) is 0.240. The molecule has 0 saturated carbocycles. The van der Waals surface area contributed by atoms with E-state index in [1.165, 1.54) is 0 Å². The molecule has 0 saturated heterocycles. The van der Waals surface area contributed by atoms with Crippen molar-refractivity contribution in [2.75, 3.05) is 0 Å². The zero-order valence-corrected chi connectivity index (χ0v) is 20.5. The molecule has 2 aromatic carbocycles. The van der Waals surface area contributed by atoms with Gasteiger partial charge in [-0.25, -0.2) is 9.78 Å². The Morgan fingerprint density at radius 1 is 1.12 bits per heavy atom. The van der Waals surface area contributed by atoms with Crippen molar-refractivity contribution in [2.45, 2.75) is 39.8 Å². The lowest BCUT2D eigenvalue weighted by atomic mass is 10.0. The van der Waals surface area contributed by atoms with Gasteiger partial charge in [-0.3, -0.25) is 9.36 Å². The third kappa shape index (κ3) is 4.54. The number of nitrogens with zero attached hydrogens (tertiary/aromatic N) is 2. The summed E-state index contributed by atoms with van der Waals surface area (Å²) >= 11 is 5.05. The van der Waals surface area contributed by atoms with Crippen LogP contribution < -0.4 is 5.56 Å². The number of aryl methyl sites for hydroxylation is 1. The number of ether oxygens (including phenoxy) is 1. The molecule has 32 heavy (non-hydrogen) atoms. The molecule has 5 nitrogen and oxygen atoms in total. The second-order valence-electron chi connectivity index (χ2n) is 7.77. The molecule has 4 aromatic rings. The molecule has 7 heteroatoms. The Morgan fingerprint density at radius 3 is 2.44 bits per heavy atom. The standard InChI is InChI=1S/C25H23BrN2O3S/c1-4-20-21(17-9-11-19(26)12-10-17)22-23(32-20)27-14-28(24(22)29)13-16-5-7-18(8-6-16)25(30)31-15(2)3/h5-12,14-15H,4,13H2,1-3H3. The fourth-order valence-electron chi connectivity index (χ4n) is 3.58. The quantitative estimate of drug-likeness (QED) is 0.295. The van der Waals surface area contributed by atoms with Crippen LogP contribution in [0.5, 0.6) is 0 Å². The monoisotopic (exact) mass is 510 g/mol. The van der Waals surface area contributed by atoms with E-state index in [2.05, 4.69) is 27.8 Å². The van der Waals surface area contributed by atoms with E-state index < -0.39 is 0 Å². The van der Waals surface area contributed by atoms with Crippen LogP contribution in [0, 0.1) is 0 Å². The van der Waals surface area contributed by atoms with Crippen molar-refractivity contribution in [2.24, 2.45) is 0 Å². The van der Waals surface area contributed by atoms with Crippen LogP contribution in [0.2, 0.25) is 0 Å². The molecule has 4 rings (SSSR count). The van der Waals surface area contributed by atoms with Gasteiger partial charge < -0.3 is 4.74 Å². The minimum Gasteiger partial charge on any atom is -0.459 e. The predicted molar refractivity (Wildman–Crippen MR) is 132 cm³/mol. The van der Waals surface area contributed by atoms with E-state index >= 15 is 0 Å².